The van der Waals surface area contributed by atoms with Crippen LogP contribution >= 0.6 is 0 Å². The highest BCUT2D eigenvalue weighted by Crippen LogP contribution is 2.31. The van der Waals surface area contributed by atoms with Gasteiger partial charge >= 0.3 is 6.18 Å². The van der Waals surface area contributed by atoms with Crippen LogP contribution in [0.4, 0.5) is 13.2 Å². The number of nitrogens with zero attached hydrogens (tertiary/aromatic N) is 2. The van der Waals surface area contributed by atoms with Gasteiger partial charge in [-0.25, -0.2) is 0 Å². The van der Waals surface area contributed by atoms with E-state index in [1.165, 1.54) is 0 Å². The number of rotatable bonds is 5. The van der Waals surface area contributed by atoms with Crippen molar-refractivity contribution in [3.8, 4) is 0 Å². The van der Waals surface area contributed by atoms with Crippen LogP contribution in [-0.4, -0.2) is 48.6 Å². The summed E-state index contributed by atoms with van der Waals surface area (Å²) in [5.74, 6) is 0. The summed E-state index contributed by atoms with van der Waals surface area (Å²) in [6.45, 7) is 8.63. The Hall–Kier alpha value is -1.11. The Kier molecular flexibility index (Phi) is 6.06. The van der Waals surface area contributed by atoms with Gasteiger partial charge in [0.15, 0.2) is 0 Å². The van der Waals surface area contributed by atoms with Gasteiger partial charge in [0.1, 0.15) is 0 Å². The van der Waals surface area contributed by atoms with Gasteiger partial charge < -0.3 is 5.73 Å². The monoisotopic (exact) mass is 329 g/mol. The Morgan fingerprint density at radius 2 is 1.87 bits per heavy atom. The van der Waals surface area contributed by atoms with Crippen LogP contribution in [0.3, 0.4) is 0 Å². The summed E-state index contributed by atoms with van der Waals surface area (Å²) in [7, 11) is 0. The summed E-state index contributed by atoms with van der Waals surface area (Å²) >= 11 is 0. The van der Waals surface area contributed by atoms with Crippen LogP contribution in [0.25, 0.3) is 0 Å². The molecule has 1 fully saturated rings. The van der Waals surface area contributed by atoms with Crippen molar-refractivity contribution >= 4 is 0 Å². The molecule has 1 saturated heterocycles. The number of nitrogens with two attached hydrogens (primary N) is 1. The fourth-order valence-electron chi connectivity index (χ4n) is 3.32. The smallest absolute Gasteiger partial charge is 0.329 e. The fourth-order valence-corrected chi connectivity index (χ4v) is 3.32. The third-order valence-corrected chi connectivity index (χ3v) is 4.59. The van der Waals surface area contributed by atoms with Gasteiger partial charge in [-0.15, -0.1) is 0 Å². The zero-order valence-corrected chi connectivity index (χ0v) is 13.8. The van der Waals surface area contributed by atoms with Gasteiger partial charge in [-0.1, -0.05) is 19.1 Å². The highest BCUT2D eigenvalue weighted by Gasteiger charge is 2.31. The van der Waals surface area contributed by atoms with Gasteiger partial charge in [-0.05, 0) is 37.6 Å². The minimum absolute atomic E-state index is 0.0245. The predicted molar refractivity (Wildman–Crippen MR) is 86.1 cm³/mol. The van der Waals surface area contributed by atoms with Crippen LogP contribution in [0.15, 0.2) is 24.3 Å². The number of piperazine rings is 1. The standard InChI is InChI=1S/C17H26F3N3/c1-3-8-22-9-10-23(12-13(22)2)16(11-21)14-4-6-15(7-5-14)17(18,19)20/h4-7,13,16H,3,8-12,21H2,1-2H3. The second-order valence-corrected chi connectivity index (χ2v) is 6.25. The van der Waals surface area contributed by atoms with E-state index in [1.807, 2.05) is 0 Å². The minimum Gasteiger partial charge on any atom is -0.329 e. The minimum atomic E-state index is -4.29. The molecule has 1 aliphatic rings. The first-order valence-corrected chi connectivity index (χ1v) is 8.22. The molecule has 1 heterocycles. The van der Waals surface area contributed by atoms with Gasteiger partial charge in [-0.2, -0.15) is 13.2 Å². The van der Waals surface area contributed by atoms with E-state index in [0.717, 1.165) is 50.3 Å². The lowest BCUT2D eigenvalue weighted by Crippen LogP contribution is -2.53. The summed E-state index contributed by atoms with van der Waals surface area (Å²) in [5, 5.41) is 0. The first-order chi connectivity index (χ1) is 10.9. The molecular formula is C17H26F3N3. The first-order valence-electron chi connectivity index (χ1n) is 8.22. The predicted octanol–water partition coefficient (Wildman–Crippen LogP) is 3.12. The molecule has 6 heteroatoms. The van der Waals surface area contributed by atoms with E-state index in [9.17, 15) is 13.2 Å². The van der Waals surface area contributed by atoms with Crippen molar-refractivity contribution in [3.05, 3.63) is 35.4 Å². The number of hydrogen-bond donors (Lipinski definition) is 1. The Labute approximate surface area is 136 Å². The molecule has 0 saturated carbocycles. The number of alkyl halides is 3. The van der Waals surface area contributed by atoms with Crippen LogP contribution in [0, 0.1) is 0 Å². The van der Waals surface area contributed by atoms with E-state index < -0.39 is 11.7 Å². The molecule has 0 radical (unpaired) electrons. The Morgan fingerprint density at radius 1 is 1.22 bits per heavy atom. The lowest BCUT2D eigenvalue weighted by molar-refractivity contribution is -0.137. The van der Waals surface area contributed by atoms with Gasteiger partial charge in [0.2, 0.25) is 0 Å². The maximum Gasteiger partial charge on any atom is 0.416 e. The Balaban J connectivity index is 2.08. The average molecular weight is 329 g/mol. The van der Waals surface area contributed by atoms with Crippen LogP contribution in [0.2, 0.25) is 0 Å². The fraction of sp³-hybridized carbons (Fsp3) is 0.647. The summed E-state index contributed by atoms with van der Waals surface area (Å²) in [4.78, 5) is 4.75. The maximum atomic E-state index is 12.7. The van der Waals surface area contributed by atoms with E-state index in [-0.39, 0.29) is 6.04 Å². The van der Waals surface area contributed by atoms with Gasteiger partial charge in [0.25, 0.3) is 0 Å². The molecule has 2 N–H and O–H groups in total. The molecule has 130 valence electrons. The van der Waals surface area contributed by atoms with E-state index >= 15 is 0 Å². The molecule has 2 unspecified atom stereocenters. The summed E-state index contributed by atoms with van der Waals surface area (Å²) in [6.07, 6.45) is -3.17. The van der Waals surface area contributed by atoms with Gasteiger partial charge in [0.05, 0.1) is 5.56 Å². The zero-order chi connectivity index (χ0) is 17.0. The second kappa shape index (κ2) is 7.64. The van der Waals surface area contributed by atoms with E-state index in [4.69, 9.17) is 5.73 Å². The van der Waals surface area contributed by atoms with Crippen LogP contribution < -0.4 is 5.73 Å². The van der Waals surface area contributed by atoms with E-state index in [0.29, 0.717) is 12.6 Å². The zero-order valence-electron chi connectivity index (χ0n) is 13.8. The lowest BCUT2D eigenvalue weighted by Gasteiger charge is -2.43. The van der Waals surface area contributed by atoms with Crippen LogP contribution in [0.5, 0.6) is 0 Å². The number of hydrogen-bond acceptors (Lipinski definition) is 3. The topological polar surface area (TPSA) is 32.5 Å². The van der Waals surface area contributed by atoms with Crippen molar-refractivity contribution in [2.45, 2.75) is 38.5 Å². The summed E-state index contributed by atoms with van der Waals surface area (Å²) in [6, 6.07) is 5.83. The molecule has 0 bridgehead atoms. The second-order valence-electron chi connectivity index (χ2n) is 6.25. The van der Waals surface area contributed by atoms with Crippen molar-refractivity contribution < 1.29 is 13.2 Å². The van der Waals surface area contributed by atoms with Crippen molar-refractivity contribution in [2.24, 2.45) is 5.73 Å². The SMILES string of the molecule is CCCN1CCN(C(CN)c2ccc(C(F)(F)F)cc2)CC1C. The third-order valence-electron chi connectivity index (χ3n) is 4.59. The highest BCUT2D eigenvalue weighted by atomic mass is 19.4. The number of benzene rings is 1. The summed E-state index contributed by atoms with van der Waals surface area (Å²) in [5.41, 5.74) is 6.17. The average Bonchev–Trinajstić information content (AvgIpc) is 2.50. The molecule has 1 aliphatic heterocycles. The first kappa shape index (κ1) is 18.2. The molecular weight excluding hydrogens is 303 g/mol. The van der Waals surface area contributed by atoms with Crippen molar-refractivity contribution in [1.29, 1.82) is 0 Å². The van der Waals surface area contributed by atoms with Crippen molar-refractivity contribution in [1.82, 2.24) is 9.80 Å². The molecule has 3 nitrogen and oxygen atoms in total. The molecule has 0 amide bonds. The third kappa shape index (κ3) is 4.46. The Bertz CT molecular complexity index is 487. The molecule has 1 aromatic rings. The molecule has 0 aromatic heterocycles. The van der Waals surface area contributed by atoms with Gasteiger partial charge in [-0.3, -0.25) is 9.80 Å². The maximum absolute atomic E-state index is 12.7. The Morgan fingerprint density at radius 3 is 2.35 bits per heavy atom. The summed E-state index contributed by atoms with van der Waals surface area (Å²) < 4.78 is 38.1. The quantitative estimate of drug-likeness (QED) is 0.901. The number of halogens is 3. The molecule has 1 aromatic carbocycles. The normalized spacial score (nSPS) is 22.3. The van der Waals surface area contributed by atoms with Crippen LogP contribution in [-0.2, 0) is 6.18 Å². The van der Waals surface area contributed by atoms with Gasteiger partial charge in [0, 0.05) is 38.3 Å². The van der Waals surface area contributed by atoms with Crippen LogP contribution in [0.1, 0.15) is 37.4 Å². The molecule has 2 atom stereocenters. The molecule has 0 spiro atoms. The van der Waals surface area contributed by atoms with Crippen molar-refractivity contribution in [3.63, 3.8) is 0 Å². The molecule has 0 aliphatic carbocycles. The highest BCUT2D eigenvalue weighted by molar-refractivity contribution is 5.27. The molecule has 2 rings (SSSR count). The van der Waals surface area contributed by atoms with E-state index in [2.05, 4.69) is 23.6 Å². The largest absolute Gasteiger partial charge is 0.416 e. The van der Waals surface area contributed by atoms with E-state index in [1.54, 1.807) is 12.1 Å². The van der Waals surface area contributed by atoms with Crippen molar-refractivity contribution in [2.75, 3.05) is 32.7 Å². The lowest BCUT2D eigenvalue weighted by atomic mass is 10.0. The molecule has 23 heavy (non-hydrogen) atoms.